The van der Waals surface area contributed by atoms with Crippen LogP contribution in [0.2, 0.25) is 0 Å². The zero-order chi connectivity index (χ0) is 17.2. The Balaban J connectivity index is 2.15. The first-order chi connectivity index (χ1) is 10.7. The molecule has 0 amide bonds. The van der Waals surface area contributed by atoms with Gasteiger partial charge in [-0.05, 0) is 57.7 Å². The van der Waals surface area contributed by atoms with E-state index in [1.165, 1.54) is 25.0 Å². The van der Waals surface area contributed by atoms with Crippen LogP contribution in [0.5, 0.6) is 5.75 Å². The maximum absolute atomic E-state index is 11.7. The summed E-state index contributed by atoms with van der Waals surface area (Å²) in [7, 11) is 1.92. The number of nitrogens with zero attached hydrogens (tertiary/aromatic N) is 1. The van der Waals surface area contributed by atoms with E-state index < -0.39 is 17.7 Å². The molecule has 1 N–H and O–H groups in total. The molecule has 0 saturated heterocycles. The number of carbonyl (C=O) groups excluding carboxylic acids is 1. The minimum absolute atomic E-state index is 0.0182. The highest BCUT2D eigenvalue weighted by Gasteiger charge is 2.25. The summed E-state index contributed by atoms with van der Waals surface area (Å²) in [6.45, 7) is 6.03. The zero-order valence-corrected chi connectivity index (χ0v) is 14.0. The van der Waals surface area contributed by atoms with Gasteiger partial charge in [0.25, 0.3) is 0 Å². The molecule has 1 fully saturated rings. The summed E-state index contributed by atoms with van der Waals surface area (Å²) >= 11 is 0. The Hall–Kier alpha value is -2.24. The van der Waals surface area contributed by atoms with Gasteiger partial charge in [0.2, 0.25) is 0 Å². The molecule has 1 saturated carbocycles. The number of rotatable bonds is 5. The number of anilines is 1. The molecule has 0 spiro atoms. The number of carboxylic acids is 1. The van der Waals surface area contributed by atoms with Crippen molar-refractivity contribution in [2.24, 2.45) is 5.92 Å². The standard InChI is InChI=1S/C17H23NO5/c1-17(2,3)23-16(21)22-14-8-7-12(9-13(14)15(19)20)18(4)10-11-5-6-11/h7-9,11H,5-6,10H2,1-4H3,(H,19,20). The molecule has 1 aliphatic carbocycles. The van der Waals surface area contributed by atoms with Gasteiger partial charge in [0, 0.05) is 19.3 Å². The number of carbonyl (C=O) groups is 2. The van der Waals surface area contributed by atoms with Crippen LogP contribution >= 0.6 is 0 Å². The molecule has 0 atom stereocenters. The lowest BCUT2D eigenvalue weighted by Gasteiger charge is -2.21. The molecule has 0 heterocycles. The monoisotopic (exact) mass is 321 g/mol. The van der Waals surface area contributed by atoms with Crippen LogP contribution in [-0.2, 0) is 4.74 Å². The van der Waals surface area contributed by atoms with Gasteiger partial charge in [-0.25, -0.2) is 9.59 Å². The lowest BCUT2D eigenvalue weighted by molar-refractivity contribution is 0.0204. The Morgan fingerprint density at radius 1 is 1.30 bits per heavy atom. The van der Waals surface area contributed by atoms with Gasteiger partial charge in [0.05, 0.1) is 0 Å². The molecule has 1 aromatic carbocycles. The zero-order valence-electron chi connectivity index (χ0n) is 14.0. The number of aromatic carboxylic acids is 1. The van der Waals surface area contributed by atoms with Gasteiger partial charge in [0.15, 0.2) is 0 Å². The highest BCUT2D eigenvalue weighted by molar-refractivity contribution is 5.93. The molecular weight excluding hydrogens is 298 g/mol. The van der Waals surface area contributed by atoms with Crippen molar-refractivity contribution in [3.05, 3.63) is 23.8 Å². The fourth-order valence-corrected chi connectivity index (χ4v) is 2.17. The molecule has 6 nitrogen and oxygen atoms in total. The fourth-order valence-electron chi connectivity index (χ4n) is 2.17. The van der Waals surface area contributed by atoms with Crippen LogP contribution in [0.3, 0.4) is 0 Å². The second-order valence-electron chi connectivity index (χ2n) is 6.88. The van der Waals surface area contributed by atoms with E-state index in [0.29, 0.717) is 5.92 Å². The first-order valence-corrected chi connectivity index (χ1v) is 7.65. The third-order valence-electron chi connectivity index (χ3n) is 3.45. The number of hydrogen-bond acceptors (Lipinski definition) is 5. The number of ether oxygens (including phenoxy) is 2. The Morgan fingerprint density at radius 3 is 2.48 bits per heavy atom. The molecule has 6 heteroatoms. The van der Waals surface area contributed by atoms with Crippen LogP contribution in [0.4, 0.5) is 10.5 Å². The third-order valence-corrected chi connectivity index (χ3v) is 3.45. The molecule has 23 heavy (non-hydrogen) atoms. The Kier molecular flexibility index (Phi) is 4.82. The summed E-state index contributed by atoms with van der Waals surface area (Å²) < 4.78 is 10.1. The number of benzene rings is 1. The van der Waals surface area contributed by atoms with E-state index in [0.717, 1.165) is 12.2 Å². The van der Waals surface area contributed by atoms with Gasteiger partial charge in [0.1, 0.15) is 16.9 Å². The maximum atomic E-state index is 11.7. The normalized spacial score (nSPS) is 14.3. The molecule has 0 radical (unpaired) electrons. The number of carboxylic acid groups (broad SMARTS) is 1. The third kappa shape index (κ3) is 5.16. The highest BCUT2D eigenvalue weighted by Crippen LogP contribution is 2.32. The topological polar surface area (TPSA) is 76.1 Å². The van der Waals surface area contributed by atoms with E-state index in [-0.39, 0.29) is 11.3 Å². The van der Waals surface area contributed by atoms with E-state index in [1.54, 1.807) is 26.8 Å². The predicted octanol–water partition coefficient (Wildman–Crippen LogP) is 3.54. The van der Waals surface area contributed by atoms with Crippen LogP contribution < -0.4 is 9.64 Å². The van der Waals surface area contributed by atoms with E-state index >= 15 is 0 Å². The molecule has 2 rings (SSSR count). The molecule has 126 valence electrons. The largest absolute Gasteiger partial charge is 0.514 e. The Morgan fingerprint density at radius 2 is 1.96 bits per heavy atom. The molecule has 0 aliphatic heterocycles. The Labute approximate surface area is 136 Å². The quantitative estimate of drug-likeness (QED) is 0.660. The van der Waals surface area contributed by atoms with E-state index in [2.05, 4.69) is 0 Å². The second kappa shape index (κ2) is 6.48. The lowest BCUT2D eigenvalue weighted by Crippen LogP contribution is -2.26. The molecular formula is C17H23NO5. The molecule has 0 aromatic heterocycles. The van der Waals surface area contributed by atoms with Crippen molar-refractivity contribution in [1.29, 1.82) is 0 Å². The summed E-state index contributed by atoms with van der Waals surface area (Å²) in [6, 6.07) is 4.76. The fraction of sp³-hybridized carbons (Fsp3) is 0.529. The van der Waals surface area contributed by atoms with Crippen molar-refractivity contribution in [3.63, 3.8) is 0 Å². The van der Waals surface area contributed by atoms with Crippen molar-refractivity contribution >= 4 is 17.8 Å². The maximum Gasteiger partial charge on any atom is 0.514 e. The second-order valence-corrected chi connectivity index (χ2v) is 6.88. The van der Waals surface area contributed by atoms with Gasteiger partial charge in [-0.2, -0.15) is 0 Å². The van der Waals surface area contributed by atoms with Crippen molar-refractivity contribution in [1.82, 2.24) is 0 Å². The number of hydrogen-bond donors (Lipinski definition) is 1. The smallest absolute Gasteiger partial charge is 0.478 e. The molecule has 0 bridgehead atoms. The summed E-state index contributed by atoms with van der Waals surface area (Å²) in [5.41, 5.74) is 0.0205. The van der Waals surface area contributed by atoms with Gasteiger partial charge in [-0.3, -0.25) is 0 Å². The van der Waals surface area contributed by atoms with Crippen molar-refractivity contribution in [2.75, 3.05) is 18.5 Å². The van der Waals surface area contributed by atoms with Gasteiger partial charge >= 0.3 is 12.1 Å². The molecule has 1 aromatic rings. The Bertz CT molecular complexity index is 601. The molecule has 1 aliphatic rings. The highest BCUT2D eigenvalue weighted by atomic mass is 16.7. The first kappa shape index (κ1) is 17.1. The van der Waals surface area contributed by atoms with Crippen molar-refractivity contribution < 1.29 is 24.2 Å². The predicted molar refractivity (Wildman–Crippen MR) is 86.3 cm³/mol. The van der Waals surface area contributed by atoms with E-state index in [4.69, 9.17) is 9.47 Å². The summed E-state index contributed by atoms with van der Waals surface area (Å²) in [6.07, 6.45) is 1.52. The van der Waals surface area contributed by atoms with Crippen LogP contribution in [-0.4, -0.2) is 36.4 Å². The van der Waals surface area contributed by atoms with E-state index in [1.807, 2.05) is 11.9 Å². The summed E-state index contributed by atoms with van der Waals surface area (Å²) in [4.78, 5) is 25.2. The van der Waals surface area contributed by atoms with Crippen LogP contribution in [0.15, 0.2) is 18.2 Å². The molecule has 0 unspecified atom stereocenters. The summed E-state index contributed by atoms with van der Waals surface area (Å²) in [5.74, 6) is -0.480. The van der Waals surface area contributed by atoms with Crippen LogP contribution in [0.25, 0.3) is 0 Å². The van der Waals surface area contributed by atoms with Crippen LogP contribution in [0, 0.1) is 5.92 Å². The van der Waals surface area contributed by atoms with Crippen molar-refractivity contribution in [2.45, 2.75) is 39.2 Å². The van der Waals surface area contributed by atoms with Gasteiger partial charge < -0.3 is 19.5 Å². The minimum Gasteiger partial charge on any atom is -0.478 e. The summed E-state index contributed by atoms with van der Waals surface area (Å²) in [5, 5.41) is 9.36. The first-order valence-electron chi connectivity index (χ1n) is 7.65. The van der Waals surface area contributed by atoms with Crippen LogP contribution in [0.1, 0.15) is 44.0 Å². The lowest BCUT2D eigenvalue weighted by atomic mass is 10.1. The van der Waals surface area contributed by atoms with Gasteiger partial charge in [-0.15, -0.1) is 0 Å². The van der Waals surface area contributed by atoms with Crippen molar-refractivity contribution in [3.8, 4) is 5.75 Å². The van der Waals surface area contributed by atoms with Gasteiger partial charge in [-0.1, -0.05) is 0 Å². The average Bonchev–Trinajstić information content (AvgIpc) is 3.20. The van der Waals surface area contributed by atoms with E-state index in [9.17, 15) is 14.7 Å². The average molecular weight is 321 g/mol. The minimum atomic E-state index is -1.15. The SMILES string of the molecule is CN(CC1CC1)c1ccc(OC(=O)OC(C)(C)C)c(C(=O)O)c1.